The summed E-state index contributed by atoms with van der Waals surface area (Å²) < 4.78 is 35.6. The second-order valence-corrected chi connectivity index (χ2v) is 17.6. The van der Waals surface area contributed by atoms with E-state index in [1.165, 1.54) is 27.7 Å². The molecule has 0 aromatic heterocycles. The molecular formula is C37H43ClO10Si. The van der Waals surface area contributed by atoms with Gasteiger partial charge in [0.1, 0.15) is 18.8 Å². The topological polar surface area (TPSA) is 124 Å². The van der Waals surface area contributed by atoms with Crippen molar-refractivity contribution in [1.82, 2.24) is 0 Å². The molecular weight excluding hydrogens is 668 g/mol. The van der Waals surface area contributed by atoms with Gasteiger partial charge in [0.25, 0.3) is 8.32 Å². The van der Waals surface area contributed by atoms with E-state index in [-0.39, 0.29) is 18.3 Å². The highest BCUT2D eigenvalue weighted by molar-refractivity contribution is 6.99. The quantitative estimate of drug-likeness (QED) is 0.149. The number of carbonyl (C=O) groups is 4. The third kappa shape index (κ3) is 8.96. The summed E-state index contributed by atoms with van der Waals surface area (Å²) in [7, 11) is -2.95. The van der Waals surface area contributed by atoms with Crippen LogP contribution in [0, 0.1) is 0 Å². The minimum absolute atomic E-state index is 0.130. The lowest BCUT2D eigenvalue weighted by atomic mass is 9.90. The minimum Gasteiger partial charge on any atom is -0.463 e. The molecule has 0 aliphatic carbocycles. The largest absolute Gasteiger partial charge is 0.463 e. The molecule has 0 bridgehead atoms. The fraction of sp³-hybridized carbons (Fsp3) is 0.405. The van der Waals surface area contributed by atoms with Crippen LogP contribution >= 0.6 is 11.6 Å². The van der Waals surface area contributed by atoms with Crippen molar-refractivity contribution in [2.24, 2.45) is 0 Å². The zero-order valence-corrected chi connectivity index (χ0v) is 30.5. The molecule has 1 saturated heterocycles. The van der Waals surface area contributed by atoms with Gasteiger partial charge >= 0.3 is 23.9 Å². The monoisotopic (exact) mass is 710 g/mol. The number of hydrogen-bond acceptors (Lipinski definition) is 10. The number of halogens is 1. The second-order valence-electron chi connectivity index (χ2n) is 12.9. The van der Waals surface area contributed by atoms with Gasteiger partial charge in [-0.25, -0.2) is 0 Å². The first-order valence-corrected chi connectivity index (χ1v) is 18.3. The van der Waals surface area contributed by atoms with Gasteiger partial charge in [-0.2, -0.15) is 0 Å². The van der Waals surface area contributed by atoms with Gasteiger partial charge in [0.2, 0.25) is 0 Å². The zero-order valence-electron chi connectivity index (χ0n) is 28.8. The highest BCUT2D eigenvalue weighted by Crippen LogP contribution is 2.40. The summed E-state index contributed by atoms with van der Waals surface area (Å²) in [4.78, 5) is 48.7. The minimum atomic E-state index is -2.95. The van der Waals surface area contributed by atoms with Gasteiger partial charge < -0.3 is 28.1 Å². The average Bonchev–Trinajstić information content (AvgIpc) is 3.03. The molecule has 10 nitrogen and oxygen atoms in total. The number of benzene rings is 3. The van der Waals surface area contributed by atoms with Crippen LogP contribution in [-0.2, 0) is 53.9 Å². The van der Waals surface area contributed by atoms with Crippen LogP contribution in [0.1, 0.15) is 65.7 Å². The van der Waals surface area contributed by atoms with E-state index in [4.69, 9.17) is 39.7 Å². The molecule has 0 unspecified atom stereocenters. The number of carbonyl (C=O) groups excluding carboxylic acids is 4. The first kappa shape index (κ1) is 37.8. The zero-order chi connectivity index (χ0) is 35.9. The SMILES string of the molecule is CC(=O)OC[C@H]1O[C@@H](c2ccc(Cl)c(CO[Si](c3ccccc3)(c3ccccc3)C(C)(C)C)c2)[C@@H](OC(C)=O)[C@@H](OC(C)=O)[C@@H]1OC(C)=O. The van der Waals surface area contributed by atoms with Gasteiger partial charge in [0.15, 0.2) is 18.3 Å². The van der Waals surface area contributed by atoms with E-state index in [2.05, 4.69) is 45.0 Å². The number of ether oxygens (including phenoxy) is 5. The van der Waals surface area contributed by atoms with Gasteiger partial charge in [-0.15, -0.1) is 0 Å². The van der Waals surface area contributed by atoms with Crippen LogP contribution in [0.25, 0.3) is 0 Å². The fourth-order valence-electron chi connectivity index (χ4n) is 6.33. The van der Waals surface area contributed by atoms with Crippen LogP contribution in [0.5, 0.6) is 0 Å². The standard InChI is InChI=1S/C37H43ClO10Si/c1-23(39)43-22-32-34(45-24(2)40)36(47-26(4)42)35(46-25(3)41)33(48-32)27-18-19-31(38)28(20-27)21-44-49(37(5,6)7,29-14-10-8-11-15-29)30-16-12-9-13-17-30/h8-20,32-36H,21-22H2,1-7H3/t32-,33+,34-,35-,36+/m1/s1. The van der Waals surface area contributed by atoms with Crippen molar-refractivity contribution < 1.29 is 47.3 Å². The van der Waals surface area contributed by atoms with E-state index < -0.39 is 62.7 Å². The van der Waals surface area contributed by atoms with Crippen molar-refractivity contribution in [1.29, 1.82) is 0 Å². The molecule has 1 heterocycles. The Bertz CT molecular complexity index is 1590. The van der Waals surface area contributed by atoms with Crippen molar-refractivity contribution in [2.75, 3.05) is 6.61 Å². The first-order valence-electron chi connectivity index (χ1n) is 16.0. The van der Waals surface area contributed by atoms with Crippen LogP contribution in [0.3, 0.4) is 0 Å². The Hall–Kier alpha value is -4.03. The molecule has 1 aliphatic heterocycles. The molecule has 3 aromatic rings. The van der Waals surface area contributed by atoms with Crippen molar-refractivity contribution >= 4 is 54.2 Å². The van der Waals surface area contributed by atoms with Crippen LogP contribution in [0.4, 0.5) is 0 Å². The molecule has 4 rings (SSSR count). The maximum Gasteiger partial charge on any atom is 0.303 e. The highest BCUT2D eigenvalue weighted by atomic mass is 35.5. The third-order valence-corrected chi connectivity index (χ3v) is 13.6. The van der Waals surface area contributed by atoms with E-state index in [1.807, 2.05) is 36.4 Å². The summed E-state index contributed by atoms with van der Waals surface area (Å²) in [5.74, 6) is -2.68. The summed E-state index contributed by atoms with van der Waals surface area (Å²) in [5, 5.41) is 2.34. The van der Waals surface area contributed by atoms with E-state index in [0.29, 0.717) is 16.1 Å². The maximum atomic E-state index is 12.4. The highest BCUT2D eigenvalue weighted by Gasteiger charge is 2.53. The lowest BCUT2D eigenvalue weighted by Gasteiger charge is -2.45. The Morgan fingerprint density at radius 2 is 1.22 bits per heavy atom. The van der Waals surface area contributed by atoms with Crippen LogP contribution in [-0.4, -0.2) is 63.2 Å². The summed E-state index contributed by atoms with van der Waals surface area (Å²) in [6, 6.07) is 25.6. The predicted molar refractivity (Wildman–Crippen MR) is 185 cm³/mol. The van der Waals surface area contributed by atoms with Crippen LogP contribution in [0.2, 0.25) is 10.1 Å². The lowest BCUT2D eigenvalue weighted by molar-refractivity contribution is -0.254. The lowest BCUT2D eigenvalue weighted by Crippen LogP contribution is -2.66. The van der Waals surface area contributed by atoms with Gasteiger partial charge in [-0.05, 0) is 38.7 Å². The molecule has 0 radical (unpaired) electrons. The van der Waals surface area contributed by atoms with Crippen LogP contribution in [0.15, 0.2) is 78.9 Å². The summed E-state index contributed by atoms with van der Waals surface area (Å²) in [5.41, 5.74) is 1.16. The van der Waals surface area contributed by atoms with E-state index in [0.717, 1.165) is 10.4 Å². The third-order valence-electron chi connectivity index (χ3n) is 8.25. The van der Waals surface area contributed by atoms with Gasteiger partial charge in [0, 0.05) is 32.7 Å². The summed E-state index contributed by atoms with van der Waals surface area (Å²) in [6.07, 6.45) is -5.93. The first-order chi connectivity index (χ1) is 23.1. The van der Waals surface area contributed by atoms with Crippen LogP contribution < -0.4 is 10.4 Å². The average molecular weight is 711 g/mol. The maximum absolute atomic E-state index is 12.4. The fourth-order valence-corrected chi connectivity index (χ4v) is 11.0. The van der Waals surface area contributed by atoms with Crippen molar-refractivity contribution in [3.63, 3.8) is 0 Å². The smallest absolute Gasteiger partial charge is 0.303 e. The molecule has 0 amide bonds. The Balaban J connectivity index is 1.80. The van der Waals surface area contributed by atoms with Crippen molar-refractivity contribution in [3.05, 3.63) is 95.0 Å². The Morgan fingerprint density at radius 1 is 0.714 bits per heavy atom. The van der Waals surface area contributed by atoms with Crippen molar-refractivity contribution in [2.45, 2.75) is 90.6 Å². The molecule has 262 valence electrons. The summed E-state index contributed by atoms with van der Waals surface area (Å²) in [6.45, 7) is 11.1. The molecule has 0 N–H and O–H groups in total. The summed E-state index contributed by atoms with van der Waals surface area (Å²) >= 11 is 6.81. The van der Waals surface area contributed by atoms with E-state index in [1.54, 1.807) is 18.2 Å². The molecule has 3 aromatic carbocycles. The molecule has 1 fully saturated rings. The Labute approximate surface area is 293 Å². The molecule has 0 spiro atoms. The molecule has 1 aliphatic rings. The van der Waals surface area contributed by atoms with E-state index >= 15 is 0 Å². The normalized spacial score (nSPS) is 20.9. The van der Waals surface area contributed by atoms with Crippen molar-refractivity contribution in [3.8, 4) is 0 Å². The van der Waals surface area contributed by atoms with Gasteiger partial charge in [-0.3, -0.25) is 19.2 Å². The number of rotatable bonds is 11. The number of esters is 4. The van der Waals surface area contributed by atoms with Gasteiger partial charge in [0.05, 0.1) is 6.61 Å². The molecule has 49 heavy (non-hydrogen) atoms. The molecule has 5 atom stereocenters. The van der Waals surface area contributed by atoms with Gasteiger partial charge in [-0.1, -0.05) is 99.1 Å². The second kappa shape index (κ2) is 16.1. The Kier molecular flexibility index (Phi) is 12.4. The van der Waals surface area contributed by atoms with E-state index in [9.17, 15) is 19.2 Å². The Morgan fingerprint density at radius 3 is 1.71 bits per heavy atom. The predicted octanol–water partition coefficient (Wildman–Crippen LogP) is 5.21. The number of hydrogen-bond donors (Lipinski definition) is 0. The molecule has 12 heteroatoms. The molecule has 0 saturated carbocycles.